The fourth-order valence-electron chi connectivity index (χ4n) is 7.86. The molecular weight excluding hydrogens is 661 g/mol. The normalized spacial score (nSPS) is 12.3. The summed E-state index contributed by atoms with van der Waals surface area (Å²) in [6.07, 6.45) is 4.40. The minimum atomic E-state index is 0.287. The summed E-state index contributed by atoms with van der Waals surface area (Å²) in [6.45, 7) is 11.1. The van der Waals surface area contributed by atoms with Crippen molar-refractivity contribution in [3.05, 3.63) is 180 Å². The van der Waals surface area contributed by atoms with Gasteiger partial charge in [0.15, 0.2) is 0 Å². The molecule has 0 saturated carbocycles. The summed E-state index contributed by atoms with van der Waals surface area (Å²) in [7, 11) is 0. The number of benzene rings is 6. The van der Waals surface area contributed by atoms with Gasteiger partial charge in [0.25, 0.3) is 0 Å². The zero-order valence-electron chi connectivity index (χ0n) is 31.3. The van der Waals surface area contributed by atoms with Crippen LogP contribution in [0, 0.1) is 20.8 Å². The number of anilines is 6. The molecule has 0 amide bonds. The smallest absolute Gasteiger partial charge is 0.222 e. The fourth-order valence-corrected chi connectivity index (χ4v) is 7.86. The Morgan fingerprint density at radius 2 is 0.852 bits per heavy atom. The summed E-state index contributed by atoms with van der Waals surface area (Å²) >= 11 is 0. The Labute approximate surface area is 317 Å². The van der Waals surface area contributed by atoms with Crippen LogP contribution in [0.2, 0.25) is 0 Å². The molecule has 3 heterocycles. The molecular formula is C48H42N6. The van der Waals surface area contributed by atoms with Gasteiger partial charge in [-0.25, -0.2) is 14.9 Å². The lowest BCUT2D eigenvalue weighted by Crippen LogP contribution is -2.20. The first-order valence-electron chi connectivity index (χ1n) is 18.6. The molecule has 6 nitrogen and oxygen atoms in total. The molecule has 0 saturated heterocycles. The van der Waals surface area contributed by atoms with Crippen molar-refractivity contribution in [2.45, 2.75) is 40.5 Å². The van der Waals surface area contributed by atoms with E-state index in [9.17, 15) is 0 Å². The second kappa shape index (κ2) is 13.4. The van der Waals surface area contributed by atoms with Crippen LogP contribution in [-0.2, 0) is 0 Å². The van der Waals surface area contributed by atoms with Gasteiger partial charge >= 0.3 is 0 Å². The van der Waals surface area contributed by atoms with Crippen molar-refractivity contribution in [2.24, 2.45) is 0 Å². The first-order chi connectivity index (χ1) is 26.4. The number of para-hydroxylation sites is 4. The molecule has 1 aliphatic rings. The number of fused-ring (bicyclic) bond motifs is 10. The highest BCUT2D eigenvalue weighted by Gasteiger charge is 2.29. The lowest BCUT2D eigenvalue weighted by Gasteiger charge is -2.27. The lowest BCUT2D eigenvalue weighted by molar-refractivity contribution is 0.838. The highest BCUT2D eigenvalue weighted by atomic mass is 15.4. The van der Waals surface area contributed by atoms with Gasteiger partial charge < -0.3 is 4.90 Å². The maximum Gasteiger partial charge on any atom is 0.222 e. The molecule has 54 heavy (non-hydrogen) atoms. The van der Waals surface area contributed by atoms with Crippen molar-refractivity contribution in [3.63, 3.8) is 0 Å². The van der Waals surface area contributed by atoms with Crippen molar-refractivity contribution in [1.82, 2.24) is 19.1 Å². The summed E-state index contributed by atoms with van der Waals surface area (Å²) in [5, 5.41) is 0. The van der Waals surface area contributed by atoms with E-state index in [0.29, 0.717) is 0 Å². The van der Waals surface area contributed by atoms with Crippen LogP contribution in [-0.4, -0.2) is 19.1 Å². The molecule has 264 valence electrons. The molecule has 2 aromatic heterocycles. The number of aryl methyl sites for hydroxylation is 3. The molecule has 6 aromatic carbocycles. The Kier molecular flexibility index (Phi) is 8.23. The minimum Gasteiger partial charge on any atom is -0.310 e. The maximum atomic E-state index is 5.60. The number of rotatable bonds is 5. The molecule has 0 N–H and O–H groups in total. The first kappa shape index (κ1) is 33.2. The summed E-state index contributed by atoms with van der Waals surface area (Å²) in [5.74, 6) is 1.80. The maximum absolute atomic E-state index is 5.60. The Morgan fingerprint density at radius 3 is 1.37 bits per heavy atom. The number of hydrogen-bond donors (Lipinski definition) is 0. The second-order valence-electron chi connectivity index (χ2n) is 14.4. The average Bonchev–Trinajstić information content (AvgIpc) is 3.81. The van der Waals surface area contributed by atoms with Gasteiger partial charge in [0, 0.05) is 40.6 Å². The Balaban J connectivity index is 1.44. The van der Waals surface area contributed by atoms with Crippen molar-refractivity contribution in [3.8, 4) is 33.9 Å². The quantitative estimate of drug-likeness (QED) is 0.179. The first-order valence-corrected chi connectivity index (χ1v) is 18.6. The van der Waals surface area contributed by atoms with Crippen LogP contribution in [0.4, 0.5) is 34.6 Å². The monoisotopic (exact) mass is 702 g/mol. The van der Waals surface area contributed by atoms with Crippen LogP contribution in [0.15, 0.2) is 158 Å². The van der Waals surface area contributed by atoms with Crippen LogP contribution in [0.25, 0.3) is 33.9 Å². The second-order valence-corrected chi connectivity index (χ2v) is 14.4. The van der Waals surface area contributed by atoms with Gasteiger partial charge in [-0.1, -0.05) is 111 Å². The largest absolute Gasteiger partial charge is 0.310 e. The SMILES string of the molecule is Cc1cccc(C)c1-n1cc2nc1N(c1ccccc1)c1nc(cn1-c1c(C)cccc1C(C)C)-c1cccc(c1)N(c1ccccc1)c1cccc-2c1. The predicted molar refractivity (Wildman–Crippen MR) is 223 cm³/mol. The van der Waals surface area contributed by atoms with E-state index in [1.165, 1.54) is 11.1 Å². The zero-order chi connectivity index (χ0) is 36.9. The highest BCUT2D eigenvalue weighted by Crippen LogP contribution is 2.44. The van der Waals surface area contributed by atoms with Gasteiger partial charge in [0.05, 0.1) is 28.5 Å². The number of nitrogens with zero attached hydrogens (tertiary/aromatic N) is 6. The molecule has 0 radical (unpaired) electrons. The van der Waals surface area contributed by atoms with Gasteiger partial charge in [-0.3, -0.25) is 9.13 Å². The Morgan fingerprint density at radius 1 is 0.426 bits per heavy atom. The van der Waals surface area contributed by atoms with Gasteiger partial charge in [0.1, 0.15) is 0 Å². The van der Waals surface area contributed by atoms with Crippen LogP contribution in [0.5, 0.6) is 0 Å². The molecule has 0 fully saturated rings. The third-order valence-corrected chi connectivity index (χ3v) is 10.4. The third kappa shape index (κ3) is 5.67. The molecule has 0 aliphatic carbocycles. The summed E-state index contributed by atoms with van der Waals surface area (Å²) in [5.41, 5.74) is 14.9. The average molecular weight is 703 g/mol. The predicted octanol–water partition coefficient (Wildman–Crippen LogP) is 12.7. The molecule has 6 heteroatoms. The van der Waals surface area contributed by atoms with E-state index in [1.807, 2.05) is 0 Å². The van der Waals surface area contributed by atoms with E-state index in [2.05, 4.69) is 212 Å². The lowest BCUT2D eigenvalue weighted by atomic mass is 9.98. The van der Waals surface area contributed by atoms with Gasteiger partial charge in [-0.2, -0.15) is 0 Å². The third-order valence-electron chi connectivity index (χ3n) is 10.4. The molecule has 0 spiro atoms. The highest BCUT2D eigenvalue weighted by molar-refractivity contribution is 5.84. The summed E-state index contributed by atoms with van der Waals surface area (Å²) < 4.78 is 4.55. The number of aromatic nitrogens is 4. The van der Waals surface area contributed by atoms with Crippen LogP contribution in [0.1, 0.15) is 42.0 Å². The van der Waals surface area contributed by atoms with Crippen molar-refractivity contribution >= 4 is 34.6 Å². The van der Waals surface area contributed by atoms with Gasteiger partial charge in [-0.15, -0.1) is 0 Å². The van der Waals surface area contributed by atoms with Gasteiger partial charge in [-0.05, 0) is 97.5 Å². The molecule has 0 unspecified atom stereocenters. The molecule has 8 aromatic rings. The van der Waals surface area contributed by atoms with Crippen molar-refractivity contribution in [2.75, 3.05) is 9.80 Å². The standard InChI is InChI=1S/C48H42N6/c1-32(2)42-27-13-18-35(5)46(42)52-31-44-37-20-15-26-41(29-37)53(38-21-8-6-9-22-38)40-25-14-19-36(28-40)43-30-51(45-33(3)16-12-17-34(45)4)47(49-43)54(48(52)50-44)39-23-10-7-11-24-39/h6-32H,1-5H3. The van der Waals surface area contributed by atoms with E-state index in [-0.39, 0.29) is 5.92 Å². The Bertz CT molecular complexity index is 2610. The van der Waals surface area contributed by atoms with E-state index in [4.69, 9.17) is 9.97 Å². The molecule has 0 atom stereocenters. The van der Waals surface area contributed by atoms with Crippen molar-refractivity contribution < 1.29 is 0 Å². The van der Waals surface area contributed by atoms with E-state index < -0.39 is 0 Å². The van der Waals surface area contributed by atoms with Gasteiger partial charge in [0.2, 0.25) is 11.9 Å². The topological polar surface area (TPSA) is 42.1 Å². The zero-order valence-corrected chi connectivity index (χ0v) is 31.3. The van der Waals surface area contributed by atoms with E-state index in [0.717, 1.165) is 79.7 Å². The molecule has 9 rings (SSSR count). The van der Waals surface area contributed by atoms with Crippen LogP contribution in [0.3, 0.4) is 0 Å². The number of hydrogen-bond acceptors (Lipinski definition) is 4. The molecule has 1 aliphatic heterocycles. The van der Waals surface area contributed by atoms with Crippen LogP contribution >= 0.6 is 0 Å². The summed E-state index contributed by atoms with van der Waals surface area (Å²) in [4.78, 5) is 15.7. The Hall–Kier alpha value is -6.66. The van der Waals surface area contributed by atoms with Crippen molar-refractivity contribution in [1.29, 1.82) is 0 Å². The minimum absolute atomic E-state index is 0.287. The molecule has 8 bridgehead atoms. The fraction of sp³-hybridized carbons (Fsp3) is 0.125. The van der Waals surface area contributed by atoms with Crippen LogP contribution < -0.4 is 9.80 Å². The van der Waals surface area contributed by atoms with E-state index >= 15 is 0 Å². The van der Waals surface area contributed by atoms with E-state index in [1.54, 1.807) is 0 Å². The summed E-state index contributed by atoms with van der Waals surface area (Å²) in [6, 6.07) is 51.6. The number of imidazole rings is 2.